The molecular formula is C18H18N4O8S. The van der Waals surface area contributed by atoms with E-state index in [0.717, 1.165) is 18.2 Å². The van der Waals surface area contributed by atoms with Gasteiger partial charge < -0.3 is 9.64 Å². The number of amides is 1. The van der Waals surface area contributed by atoms with Crippen molar-refractivity contribution in [3.05, 3.63) is 68.3 Å². The molecule has 0 atom stereocenters. The van der Waals surface area contributed by atoms with Crippen LogP contribution in [0, 0.1) is 20.2 Å². The van der Waals surface area contributed by atoms with Crippen LogP contribution in [-0.4, -0.2) is 66.7 Å². The minimum absolute atomic E-state index is 0.0172. The molecule has 1 amide bonds. The Hall–Kier alpha value is -3.58. The van der Waals surface area contributed by atoms with Crippen LogP contribution >= 0.6 is 0 Å². The van der Waals surface area contributed by atoms with E-state index in [-0.39, 0.29) is 53.8 Å². The Morgan fingerprint density at radius 2 is 1.58 bits per heavy atom. The van der Waals surface area contributed by atoms with Gasteiger partial charge in [-0.1, -0.05) is 0 Å². The van der Waals surface area contributed by atoms with Gasteiger partial charge in [-0.15, -0.1) is 0 Å². The lowest BCUT2D eigenvalue weighted by molar-refractivity contribution is -0.385. The van der Waals surface area contributed by atoms with Crippen molar-refractivity contribution >= 4 is 27.3 Å². The third-order valence-electron chi connectivity index (χ3n) is 4.83. The largest absolute Gasteiger partial charge is 0.490 e. The topological polar surface area (TPSA) is 153 Å². The molecular weight excluding hydrogens is 432 g/mol. The number of ether oxygens (including phenoxy) is 1. The second-order valence-corrected chi connectivity index (χ2v) is 8.53. The minimum Gasteiger partial charge on any atom is -0.490 e. The highest BCUT2D eigenvalue weighted by molar-refractivity contribution is 7.89. The second-order valence-electron chi connectivity index (χ2n) is 6.59. The van der Waals surface area contributed by atoms with Crippen molar-refractivity contribution in [2.75, 3.05) is 33.3 Å². The number of nitrogens with zero attached hydrogens (tertiary/aromatic N) is 4. The summed E-state index contributed by atoms with van der Waals surface area (Å²) in [4.78, 5) is 34.7. The van der Waals surface area contributed by atoms with Gasteiger partial charge in [0.25, 0.3) is 11.6 Å². The van der Waals surface area contributed by atoms with Crippen LogP contribution in [-0.2, 0) is 10.0 Å². The lowest BCUT2D eigenvalue weighted by atomic mass is 10.1. The Labute approximate surface area is 177 Å². The molecule has 0 aliphatic carbocycles. The quantitative estimate of drug-likeness (QED) is 0.476. The molecule has 0 radical (unpaired) electrons. The molecule has 13 heteroatoms. The maximum absolute atomic E-state index is 12.8. The first-order chi connectivity index (χ1) is 14.6. The summed E-state index contributed by atoms with van der Waals surface area (Å²) in [5.41, 5.74) is -0.463. The standard InChI is InChI=1S/C18H18N4O8S/c1-30-17-7-2-13(12-16(17)22(26)27)18(23)19-8-10-20(11-9-19)31(28,29)15-5-3-14(4-6-15)21(24)25/h2-7,12H,8-11H2,1H3. The Kier molecular flexibility index (Phi) is 6.17. The van der Waals surface area contributed by atoms with Gasteiger partial charge in [0, 0.05) is 49.9 Å². The third kappa shape index (κ3) is 4.46. The number of non-ortho nitro benzene ring substituents is 1. The number of sulfonamides is 1. The first-order valence-corrected chi connectivity index (χ1v) is 10.5. The smallest absolute Gasteiger partial charge is 0.311 e. The molecule has 0 unspecified atom stereocenters. The molecule has 0 bridgehead atoms. The number of nitro benzene ring substituents is 2. The van der Waals surface area contributed by atoms with Gasteiger partial charge in [0.05, 0.1) is 21.9 Å². The van der Waals surface area contributed by atoms with Crippen LogP contribution < -0.4 is 4.74 Å². The Balaban J connectivity index is 1.71. The number of nitro groups is 2. The number of rotatable bonds is 6. The number of hydrogen-bond donors (Lipinski definition) is 0. The highest BCUT2D eigenvalue weighted by atomic mass is 32.2. The summed E-state index contributed by atoms with van der Waals surface area (Å²) in [6.07, 6.45) is 0. The number of carbonyl (C=O) groups excluding carboxylic acids is 1. The van der Waals surface area contributed by atoms with Crippen molar-refractivity contribution < 1.29 is 27.8 Å². The molecule has 164 valence electrons. The van der Waals surface area contributed by atoms with Crippen LogP contribution in [0.15, 0.2) is 47.4 Å². The van der Waals surface area contributed by atoms with Crippen LogP contribution in [0.5, 0.6) is 5.75 Å². The van der Waals surface area contributed by atoms with Crippen LogP contribution in [0.25, 0.3) is 0 Å². The number of hydrogen-bond acceptors (Lipinski definition) is 8. The molecule has 0 saturated carbocycles. The molecule has 0 N–H and O–H groups in total. The van der Waals surface area contributed by atoms with Crippen molar-refractivity contribution in [2.45, 2.75) is 4.90 Å². The summed E-state index contributed by atoms with van der Waals surface area (Å²) < 4.78 is 31.7. The molecule has 1 saturated heterocycles. The molecule has 12 nitrogen and oxygen atoms in total. The van der Waals surface area contributed by atoms with Gasteiger partial charge in [-0.05, 0) is 24.3 Å². The second kappa shape index (κ2) is 8.65. The van der Waals surface area contributed by atoms with Crippen molar-refractivity contribution in [1.82, 2.24) is 9.21 Å². The fourth-order valence-electron chi connectivity index (χ4n) is 3.17. The summed E-state index contributed by atoms with van der Waals surface area (Å²) in [5, 5.41) is 21.9. The zero-order chi connectivity index (χ0) is 22.8. The van der Waals surface area contributed by atoms with Crippen molar-refractivity contribution in [1.29, 1.82) is 0 Å². The van der Waals surface area contributed by atoms with Crippen molar-refractivity contribution in [2.24, 2.45) is 0 Å². The average Bonchev–Trinajstić information content (AvgIpc) is 2.78. The lowest BCUT2D eigenvalue weighted by Crippen LogP contribution is -2.50. The molecule has 1 aliphatic rings. The molecule has 1 aliphatic heterocycles. The highest BCUT2D eigenvalue weighted by Crippen LogP contribution is 2.28. The van der Waals surface area contributed by atoms with E-state index >= 15 is 0 Å². The predicted octanol–water partition coefficient (Wildman–Crippen LogP) is 1.66. The van der Waals surface area contributed by atoms with Gasteiger partial charge in [-0.25, -0.2) is 8.42 Å². The van der Waals surface area contributed by atoms with Crippen LogP contribution in [0.4, 0.5) is 11.4 Å². The van der Waals surface area contributed by atoms with Gasteiger partial charge in [0.1, 0.15) is 0 Å². The van der Waals surface area contributed by atoms with Crippen LogP contribution in [0.3, 0.4) is 0 Å². The van der Waals surface area contributed by atoms with Gasteiger partial charge in [-0.3, -0.25) is 25.0 Å². The minimum atomic E-state index is -3.88. The molecule has 3 rings (SSSR count). The Morgan fingerprint density at radius 3 is 2.10 bits per heavy atom. The number of methoxy groups -OCH3 is 1. The number of benzene rings is 2. The van der Waals surface area contributed by atoms with Crippen molar-refractivity contribution in [3.63, 3.8) is 0 Å². The summed E-state index contributed by atoms with van der Waals surface area (Å²) in [7, 11) is -2.59. The summed E-state index contributed by atoms with van der Waals surface area (Å²) >= 11 is 0. The SMILES string of the molecule is COc1ccc(C(=O)N2CCN(S(=O)(=O)c3ccc([N+](=O)[O-])cc3)CC2)cc1[N+](=O)[O-]. The fourth-order valence-corrected chi connectivity index (χ4v) is 4.59. The normalized spacial score (nSPS) is 14.8. The van der Waals surface area contributed by atoms with Crippen molar-refractivity contribution in [3.8, 4) is 5.75 Å². The molecule has 2 aromatic carbocycles. The van der Waals surface area contributed by atoms with E-state index < -0.39 is 25.8 Å². The molecule has 1 heterocycles. The maximum atomic E-state index is 12.8. The van der Waals surface area contributed by atoms with Crippen LogP contribution in [0.1, 0.15) is 10.4 Å². The molecule has 31 heavy (non-hydrogen) atoms. The average molecular weight is 450 g/mol. The molecule has 2 aromatic rings. The maximum Gasteiger partial charge on any atom is 0.311 e. The van der Waals surface area contributed by atoms with Gasteiger partial charge in [0.2, 0.25) is 10.0 Å². The van der Waals surface area contributed by atoms with Gasteiger partial charge in [-0.2, -0.15) is 4.31 Å². The Bertz CT molecular complexity index is 1130. The zero-order valence-corrected chi connectivity index (χ0v) is 17.1. The lowest BCUT2D eigenvalue weighted by Gasteiger charge is -2.34. The first-order valence-electron chi connectivity index (χ1n) is 9.01. The Morgan fingerprint density at radius 1 is 0.968 bits per heavy atom. The summed E-state index contributed by atoms with van der Waals surface area (Å²) in [6, 6.07) is 8.44. The number of piperazine rings is 1. The summed E-state index contributed by atoms with van der Waals surface area (Å²) in [6.45, 7) is 0.211. The van der Waals surface area contributed by atoms with E-state index in [1.165, 1.54) is 40.6 Å². The number of carbonyl (C=O) groups is 1. The molecule has 0 aromatic heterocycles. The van der Waals surface area contributed by atoms with Gasteiger partial charge >= 0.3 is 5.69 Å². The monoisotopic (exact) mass is 450 g/mol. The van der Waals surface area contributed by atoms with E-state index in [0.29, 0.717) is 0 Å². The van der Waals surface area contributed by atoms with E-state index in [1.807, 2.05) is 0 Å². The van der Waals surface area contributed by atoms with E-state index in [4.69, 9.17) is 4.74 Å². The van der Waals surface area contributed by atoms with E-state index in [2.05, 4.69) is 0 Å². The summed E-state index contributed by atoms with van der Waals surface area (Å²) in [5.74, 6) is -0.432. The predicted molar refractivity (Wildman–Crippen MR) is 107 cm³/mol. The van der Waals surface area contributed by atoms with Gasteiger partial charge in [0.15, 0.2) is 5.75 Å². The highest BCUT2D eigenvalue weighted by Gasteiger charge is 2.31. The molecule has 0 spiro atoms. The van der Waals surface area contributed by atoms with E-state index in [9.17, 15) is 33.4 Å². The molecule has 1 fully saturated rings. The fraction of sp³-hybridized carbons (Fsp3) is 0.278. The van der Waals surface area contributed by atoms with E-state index in [1.54, 1.807) is 0 Å². The van der Waals surface area contributed by atoms with Crippen LogP contribution in [0.2, 0.25) is 0 Å². The first kappa shape index (κ1) is 22.1. The third-order valence-corrected chi connectivity index (χ3v) is 6.75. The zero-order valence-electron chi connectivity index (χ0n) is 16.3.